The summed E-state index contributed by atoms with van der Waals surface area (Å²) in [6.45, 7) is 11.1. The Labute approximate surface area is 191 Å². The van der Waals surface area contributed by atoms with E-state index in [2.05, 4.69) is 70.6 Å². The molecule has 2 heterocycles. The lowest BCUT2D eigenvalue weighted by atomic mass is 10.0. The molecule has 0 radical (unpaired) electrons. The SMILES string of the molecule is CCNC(=NCC(c1cccc(C)c1)N1CCOCC1)NCCn1cccc1.I. The molecule has 0 saturated carbocycles. The fourth-order valence-electron chi connectivity index (χ4n) is 3.54. The maximum atomic E-state index is 5.56. The van der Waals surface area contributed by atoms with Gasteiger partial charge in [-0.05, 0) is 31.5 Å². The van der Waals surface area contributed by atoms with E-state index >= 15 is 0 Å². The number of nitrogens with zero attached hydrogens (tertiary/aromatic N) is 3. The third-order valence-electron chi connectivity index (χ3n) is 5.01. The molecule has 3 rings (SSSR count). The average Bonchev–Trinajstić information content (AvgIpc) is 3.22. The van der Waals surface area contributed by atoms with Crippen molar-refractivity contribution in [3.05, 3.63) is 59.9 Å². The van der Waals surface area contributed by atoms with Gasteiger partial charge in [-0.3, -0.25) is 9.89 Å². The van der Waals surface area contributed by atoms with Gasteiger partial charge in [0.15, 0.2) is 5.96 Å². The Morgan fingerprint density at radius 2 is 1.90 bits per heavy atom. The number of benzene rings is 1. The van der Waals surface area contributed by atoms with Crippen molar-refractivity contribution >= 4 is 29.9 Å². The number of hydrogen-bond acceptors (Lipinski definition) is 3. The van der Waals surface area contributed by atoms with E-state index in [9.17, 15) is 0 Å². The highest BCUT2D eigenvalue weighted by Gasteiger charge is 2.22. The van der Waals surface area contributed by atoms with E-state index < -0.39 is 0 Å². The average molecular weight is 511 g/mol. The highest BCUT2D eigenvalue weighted by Crippen LogP contribution is 2.23. The Hall–Kier alpha value is -1.58. The van der Waals surface area contributed by atoms with Crippen LogP contribution in [-0.4, -0.2) is 61.4 Å². The molecule has 1 aliphatic rings. The molecule has 2 N–H and O–H groups in total. The van der Waals surface area contributed by atoms with Gasteiger partial charge >= 0.3 is 0 Å². The van der Waals surface area contributed by atoms with Crippen molar-refractivity contribution in [2.45, 2.75) is 26.4 Å². The second-order valence-electron chi connectivity index (χ2n) is 7.15. The number of aromatic nitrogens is 1. The first-order chi connectivity index (χ1) is 13.8. The van der Waals surface area contributed by atoms with Crippen LogP contribution in [0.15, 0.2) is 53.8 Å². The summed E-state index contributed by atoms with van der Waals surface area (Å²) in [4.78, 5) is 7.41. The predicted octanol–water partition coefficient (Wildman–Crippen LogP) is 3.04. The maximum absolute atomic E-state index is 5.56. The normalized spacial score (nSPS) is 16.1. The summed E-state index contributed by atoms with van der Waals surface area (Å²) in [5.41, 5.74) is 2.62. The van der Waals surface area contributed by atoms with Crippen molar-refractivity contribution in [1.82, 2.24) is 20.1 Å². The molecule has 1 aliphatic heterocycles. The zero-order chi connectivity index (χ0) is 19.6. The van der Waals surface area contributed by atoms with Crippen molar-refractivity contribution in [1.29, 1.82) is 0 Å². The lowest BCUT2D eigenvalue weighted by Crippen LogP contribution is -2.42. The number of aryl methyl sites for hydroxylation is 1. The van der Waals surface area contributed by atoms with E-state index in [1.54, 1.807) is 0 Å². The van der Waals surface area contributed by atoms with Gasteiger partial charge < -0.3 is 19.9 Å². The number of halogens is 1. The minimum atomic E-state index is 0. The van der Waals surface area contributed by atoms with Crippen LogP contribution in [0, 0.1) is 6.92 Å². The zero-order valence-electron chi connectivity index (χ0n) is 17.5. The summed E-state index contributed by atoms with van der Waals surface area (Å²) >= 11 is 0. The third-order valence-corrected chi connectivity index (χ3v) is 5.01. The van der Waals surface area contributed by atoms with Gasteiger partial charge in [0, 0.05) is 45.1 Å². The lowest BCUT2D eigenvalue weighted by Gasteiger charge is -2.34. The first kappa shape index (κ1) is 23.7. The topological polar surface area (TPSA) is 53.8 Å². The summed E-state index contributed by atoms with van der Waals surface area (Å²) in [5, 5.41) is 6.83. The summed E-state index contributed by atoms with van der Waals surface area (Å²) in [5.74, 6) is 0.876. The van der Waals surface area contributed by atoms with Gasteiger partial charge in [-0.1, -0.05) is 29.8 Å². The molecule has 2 aromatic rings. The molecule has 0 bridgehead atoms. The van der Waals surface area contributed by atoms with E-state index in [1.807, 2.05) is 12.1 Å². The number of nitrogens with one attached hydrogen (secondary N) is 2. The number of guanidine groups is 1. The van der Waals surface area contributed by atoms with Crippen molar-refractivity contribution in [2.75, 3.05) is 45.9 Å². The first-order valence-corrected chi connectivity index (χ1v) is 10.3. The standard InChI is InChI=1S/C22H33N5O.HI/c1-3-23-22(24-9-12-26-10-4-5-11-26)25-18-21(27-13-15-28-16-14-27)20-8-6-7-19(2)17-20;/h4-8,10-11,17,21H,3,9,12-16,18H2,1-2H3,(H2,23,24,25);1H. The van der Waals surface area contributed by atoms with Crippen molar-refractivity contribution < 1.29 is 4.74 Å². The summed E-state index contributed by atoms with van der Waals surface area (Å²) in [7, 11) is 0. The largest absolute Gasteiger partial charge is 0.379 e. The van der Waals surface area contributed by atoms with Crippen LogP contribution < -0.4 is 10.6 Å². The number of ether oxygens (including phenoxy) is 1. The molecule has 1 unspecified atom stereocenters. The second-order valence-corrected chi connectivity index (χ2v) is 7.15. The van der Waals surface area contributed by atoms with Gasteiger partial charge in [0.25, 0.3) is 0 Å². The maximum Gasteiger partial charge on any atom is 0.191 e. The van der Waals surface area contributed by atoms with E-state index in [0.717, 1.165) is 58.4 Å². The molecule has 0 amide bonds. The molecular formula is C22H34IN5O. The van der Waals surface area contributed by atoms with Gasteiger partial charge in [0.1, 0.15) is 0 Å². The third kappa shape index (κ3) is 7.64. The van der Waals surface area contributed by atoms with Gasteiger partial charge in [0.05, 0.1) is 25.8 Å². The molecule has 0 spiro atoms. The Morgan fingerprint density at radius 1 is 1.14 bits per heavy atom. The van der Waals surface area contributed by atoms with Crippen LogP contribution in [0.5, 0.6) is 0 Å². The zero-order valence-corrected chi connectivity index (χ0v) is 19.8. The summed E-state index contributed by atoms with van der Waals surface area (Å²) in [6, 6.07) is 13.2. The van der Waals surface area contributed by atoms with Crippen LogP contribution in [-0.2, 0) is 11.3 Å². The second kappa shape index (κ2) is 12.9. The van der Waals surface area contributed by atoms with Crippen molar-refractivity contribution in [3.8, 4) is 0 Å². The van der Waals surface area contributed by atoms with E-state index in [0.29, 0.717) is 0 Å². The van der Waals surface area contributed by atoms with Gasteiger partial charge in [-0.2, -0.15) is 0 Å². The lowest BCUT2D eigenvalue weighted by molar-refractivity contribution is 0.0179. The minimum Gasteiger partial charge on any atom is -0.379 e. The monoisotopic (exact) mass is 511 g/mol. The van der Waals surface area contributed by atoms with Crippen molar-refractivity contribution in [3.63, 3.8) is 0 Å². The van der Waals surface area contributed by atoms with E-state index in [1.165, 1.54) is 11.1 Å². The number of hydrogen-bond donors (Lipinski definition) is 2. The molecule has 29 heavy (non-hydrogen) atoms. The Kier molecular flexibility index (Phi) is 10.5. The molecule has 1 aromatic carbocycles. The van der Waals surface area contributed by atoms with Gasteiger partial charge in [-0.15, -0.1) is 24.0 Å². The highest BCUT2D eigenvalue weighted by atomic mass is 127. The van der Waals surface area contributed by atoms with Gasteiger partial charge in [-0.25, -0.2) is 0 Å². The number of aliphatic imine (C=N–C) groups is 1. The molecular weight excluding hydrogens is 477 g/mol. The molecule has 0 aliphatic carbocycles. The van der Waals surface area contributed by atoms with E-state index in [4.69, 9.17) is 9.73 Å². The Morgan fingerprint density at radius 3 is 2.59 bits per heavy atom. The van der Waals surface area contributed by atoms with Crippen molar-refractivity contribution in [2.24, 2.45) is 4.99 Å². The number of morpholine rings is 1. The van der Waals surface area contributed by atoms with Crippen LogP contribution in [0.2, 0.25) is 0 Å². The molecule has 1 aromatic heterocycles. The summed E-state index contributed by atoms with van der Waals surface area (Å²) in [6.07, 6.45) is 4.16. The summed E-state index contributed by atoms with van der Waals surface area (Å²) < 4.78 is 7.72. The highest BCUT2D eigenvalue weighted by molar-refractivity contribution is 14.0. The van der Waals surface area contributed by atoms with Crippen LogP contribution >= 0.6 is 24.0 Å². The van der Waals surface area contributed by atoms with Crippen LogP contribution in [0.25, 0.3) is 0 Å². The molecule has 6 nitrogen and oxygen atoms in total. The molecule has 160 valence electrons. The molecule has 7 heteroatoms. The quantitative estimate of drug-likeness (QED) is 0.325. The number of rotatable bonds is 8. The Balaban J connectivity index is 0.00000300. The first-order valence-electron chi connectivity index (χ1n) is 10.3. The van der Waals surface area contributed by atoms with E-state index in [-0.39, 0.29) is 30.0 Å². The fraction of sp³-hybridized carbons (Fsp3) is 0.500. The van der Waals surface area contributed by atoms with Crippen LogP contribution in [0.1, 0.15) is 24.1 Å². The molecule has 1 atom stereocenters. The molecule has 1 saturated heterocycles. The van der Waals surface area contributed by atoms with Crippen LogP contribution in [0.4, 0.5) is 0 Å². The molecule has 1 fully saturated rings. The smallest absolute Gasteiger partial charge is 0.191 e. The van der Waals surface area contributed by atoms with Gasteiger partial charge in [0.2, 0.25) is 0 Å². The van der Waals surface area contributed by atoms with Crippen LogP contribution in [0.3, 0.4) is 0 Å². The fourth-order valence-corrected chi connectivity index (χ4v) is 3.54. The minimum absolute atomic E-state index is 0. The predicted molar refractivity (Wildman–Crippen MR) is 130 cm³/mol. The Bertz CT molecular complexity index is 729.